The summed E-state index contributed by atoms with van der Waals surface area (Å²) in [5.74, 6) is 3.02. The molecule has 1 fully saturated rings. The maximum absolute atomic E-state index is 12.6. The highest BCUT2D eigenvalue weighted by molar-refractivity contribution is 5.79. The third-order valence-electron chi connectivity index (χ3n) is 5.26. The van der Waals surface area contributed by atoms with Crippen molar-refractivity contribution in [3.8, 4) is 22.9 Å². The minimum atomic E-state index is -0.114. The Morgan fingerprint density at radius 3 is 2.68 bits per heavy atom. The highest BCUT2D eigenvalue weighted by atomic mass is 16.5. The van der Waals surface area contributed by atoms with Gasteiger partial charge in [-0.05, 0) is 36.2 Å². The first-order chi connectivity index (χ1) is 15.0. The van der Waals surface area contributed by atoms with E-state index in [-0.39, 0.29) is 11.8 Å². The van der Waals surface area contributed by atoms with Gasteiger partial charge in [0.15, 0.2) is 0 Å². The predicted octanol–water partition coefficient (Wildman–Crippen LogP) is 4.30. The zero-order chi connectivity index (χ0) is 21.8. The smallest absolute Gasteiger partial charge is 0.232 e. The molecule has 3 aromatic rings. The topological polar surface area (TPSA) is 77.7 Å². The molecule has 1 saturated heterocycles. The number of para-hydroxylation sites is 1. The Hall–Kier alpha value is -3.35. The van der Waals surface area contributed by atoms with Gasteiger partial charge in [0.05, 0.1) is 19.6 Å². The van der Waals surface area contributed by atoms with E-state index in [4.69, 9.17) is 14.0 Å². The molecule has 1 aliphatic heterocycles. The van der Waals surface area contributed by atoms with Gasteiger partial charge in [-0.3, -0.25) is 4.79 Å². The minimum absolute atomic E-state index is 0.0716. The summed E-state index contributed by atoms with van der Waals surface area (Å²) in [6, 6.07) is 15.4. The second kappa shape index (κ2) is 9.20. The predicted molar refractivity (Wildman–Crippen MR) is 116 cm³/mol. The van der Waals surface area contributed by atoms with Crippen molar-refractivity contribution in [3.05, 3.63) is 60.0 Å². The average molecular weight is 421 g/mol. The minimum Gasteiger partial charge on any atom is -0.496 e. The van der Waals surface area contributed by atoms with E-state index in [1.807, 2.05) is 53.4 Å². The van der Waals surface area contributed by atoms with Gasteiger partial charge in [0.2, 0.25) is 17.6 Å². The van der Waals surface area contributed by atoms with Crippen molar-refractivity contribution in [1.82, 2.24) is 15.0 Å². The van der Waals surface area contributed by atoms with Crippen molar-refractivity contribution in [2.45, 2.75) is 32.7 Å². The van der Waals surface area contributed by atoms with Crippen molar-refractivity contribution in [2.75, 3.05) is 20.3 Å². The maximum Gasteiger partial charge on any atom is 0.232 e. The van der Waals surface area contributed by atoms with Crippen LogP contribution in [0, 0.1) is 5.92 Å². The second-order valence-corrected chi connectivity index (χ2v) is 8.17. The molecule has 0 saturated carbocycles. The highest BCUT2D eigenvalue weighted by Crippen LogP contribution is 2.31. The van der Waals surface area contributed by atoms with E-state index in [9.17, 15) is 4.79 Å². The Morgan fingerprint density at radius 2 is 1.94 bits per heavy atom. The number of benzene rings is 2. The summed E-state index contributed by atoms with van der Waals surface area (Å²) in [4.78, 5) is 18.9. The summed E-state index contributed by atoms with van der Waals surface area (Å²) < 4.78 is 16.6. The summed E-state index contributed by atoms with van der Waals surface area (Å²) in [7, 11) is 1.64. The van der Waals surface area contributed by atoms with Crippen LogP contribution in [0.5, 0.6) is 11.5 Å². The van der Waals surface area contributed by atoms with Crippen LogP contribution in [-0.4, -0.2) is 41.2 Å². The standard InChI is InChI=1S/C24H27N3O4/c1-16(2)15-30-20-10-8-17(9-11-20)23-25-24(31-26-23)19-12-22(28)27(14-19)13-18-6-4-5-7-21(18)29-3/h4-11,16,19H,12-15H2,1-3H3. The fourth-order valence-corrected chi connectivity index (χ4v) is 3.61. The number of methoxy groups -OCH3 is 1. The summed E-state index contributed by atoms with van der Waals surface area (Å²) in [5, 5.41) is 4.12. The molecule has 2 aromatic carbocycles. The SMILES string of the molecule is COc1ccccc1CN1CC(c2nc(-c3ccc(OCC(C)C)cc3)no2)CC1=O. The number of carbonyl (C=O) groups is 1. The maximum atomic E-state index is 12.6. The van der Waals surface area contributed by atoms with E-state index in [1.54, 1.807) is 7.11 Å². The van der Waals surface area contributed by atoms with Gasteiger partial charge in [0, 0.05) is 30.6 Å². The van der Waals surface area contributed by atoms with Crippen LogP contribution in [0.2, 0.25) is 0 Å². The van der Waals surface area contributed by atoms with Gasteiger partial charge in [0.25, 0.3) is 0 Å². The summed E-state index contributed by atoms with van der Waals surface area (Å²) >= 11 is 0. The van der Waals surface area contributed by atoms with Gasteiger partial charge < -0.3 is 18.9 Å². The summed E-state index contributed by atoms with van der Waals surface area (Å²) in [6.07, 6.45) is 0.360. The van der Waals surface area contributed by atoms with Gasteiger partial charge in [0.1, 0.15) is 11.5 Å². The summed E-state index contributed by atoms with van der Waals surface area (Å²) in [5.41, 5.74) is 1.83. The van der Waals surface area contributed by atoms with Crippen LogP contribution in [0.3, 0.4) is 0 Å². The Morgan fingerprint density at radius 1 is 1.16 bits per heavy atom. The fraction of sp³-hybridized carbons (Fsp3) is 0.375. The van der Waals surface area contributed by atoms with Crippen molar-refractivity contribution in [1.29, 1.82) is 0 Å². The number of carbonyl (C=O) groups excluding carboxylic acids is 1. The molecule has 7 nitrogen and oxygen atoms in total. The molecule has 0 N–H and O–H groups in total. The van der Waals surface area contributed by atoms with Crippen LogP contribution in [0.4, 0.5) is 0 Å². The number of aromatic nitrogens is 2. The Bertz CT molecular complexity index is 1030. The molecule has 1 atom stereocenters. The lowest BCUT2D eigenvalue weighted by molar-refractivity contribution is -0.128. The van der Waals surface area contributed by atoms with Crippen molar-refractivity contribution in [2.24, 2.45) is 5.92 Å². The lowest BCUT2D eigenvalue weighted by Gasteiger charge is -2.17. The number of ether oxygens (including phenoxy) is 2. The molecular formula is C24H27N3O4. The monoisotopic (exact) mass is 421 g/mol. The van der Waals surface area contributed by atoms with E-state index in [2.05, 4.69) is 24.0 Å². The molecule has 1 aromatic heterocycles. The van der Waals surface area contributed by atoms with Gasteiger partial charge in [-0.25, -0.2) is 0 Å². The lowest BCUT2D eigenvalue weighted by atomic mass is 10.1. The number of nitrogens with zero attached hydrogens (tertiary/aromatic N) is 3. The molecular weight excluding hydrogens is 394 g/mol. The van der Waals surface area contributed by atoms with E-state index < -0.39 is 0 Å². The van der Waals surface area contributed by atoms with E-state index in [0.717, 1.165) is 22.6 Å². The zero-order valence-electron chi connectivity index (χ0n) is 18.1. The summed E-state index contributed by atoms with van der Waals surface area (Å²) in [6.45, 7) is 5.94. The number of hydrogen-bond acceptors (Lipinski definition) is 6. The molecule has 0 bridgehead atoms. The average Bonchev–Trinajstić information content (AvgIpc) is 3.40. The first kappa shape index (κ1) is 20.9. The molecule has 2 heterocycles. The molecule has 0 radical (unpaired) electrons. The third kappa shape index (κ3) is 4.87. The number of rotatable bonds is 8. The van der Waals surface area contributed by atoms with Crippen LogP contribution < -0.4 is 9.47 Å². The fourth-order valence-electron chi connectivity index (χ4n) is 3.61. The van der Waals surface area contributed by atoms with Gasteiger partial charge >= 0.3 is 0 Å². The van der Waals surface area contributed by atoms with Gasteiger partial charge in [-0.15, -0.1) is 0 Å². The number of likely N-dealkylation sites (tertiary alicyclic amines) is 1. The molecule has 162 valence electrons. The normalized spacial score (nSPS) is 16.2. The van der Waals surface area contributed by atoms with Crippen LogP contribution in [-0.2, 0) is 11.3 Å². The van der Waals surface area contributed by atoms with E-state index in [0.29, 0.717) is 43.8 Å². The van der Waals surface area contributed by atoms with E-state index >= 15 is 0 Å². The zero-order valence-corrected chi connectivity index (χ0v) is 18.1. The molecule has 1 aliphatic rings. The second-order valence-electron chi connectivity index (χ2n) is 8.17. The number of hydrogen-bond donors (Lipinski definition) is 0. The molecule has 1 amide bonds. The molecule has 7 heteroatoms. The molecule has 0 spiro atoms. The molecule has 0 aliphatic carbocycles. The highest BCUT2D eigenvalue weighted by Gasteiger charge is 2.34. The van der Waals surface area contributed by atoms with Crippen molar-refractivity contribution < 1.29 is 18.8 Å². The first-order valence-electron chi connectivity index (χ1n) is 10.5. The van der Waals surface area contributed by atoms with Crippen molar-refractivity contribution in [3.63, 3.8) is 0 Å². The third-order valence-corrected chi connectivity index (χ3v) is 5.26. The molecule has 31 heavy (non-hydrogen) atoms. The quantitative estimate of drug-likeness (QED) is 0.540. The van der Waals surface area contributed by atoms with Crippen molar-refractivity contribution >= 4 is 5.91 Å². The largest absolute Gasteiger partial charge is 0.496 e. The Balaban J connectivity index is 1.42. The first-order valence-corrected chi connectivity index (χ1v) is 10.5. The van der Waals surface area contributed by atoms with Gasteiger partial charge in [-0.1, -0.05) is 37.2 Å². The molecule has 1 unspecified atom stereocenters. The van der Waals surface area contributed by atoms with Gasteiger partial charge in [-0.2, -0.15) is 4.98 Å². The van der Waals surface area contributed by atoms with Crippen LogP contribution in [0.25, 0.3) is 11.4 Å². The Labute approximate surface area is 182 Å². The van der Waals surface area contributed by atoms with Crippen LogP contribution in [0.1, 0.15) is 37.6 Å². The number of amides is 1. The Kier molecular flexibility index (Phi) is 6.21. The van der Waals surface area contributed by atoms with E-state index in [1.165, 1.54) is 0 Å². The molecule has 4 rings (SSSR count). The lowest BCUT2D eigenvalue weighted by Crippen LogP contribution is -2.24. The van der Waals surface area contributed by atoms with Crippen LogP contribution in [0.15, 0.2) is 53.1 Å². The van der Waals surface area contributed by atoms with Crippen LogP contribution >= 0.6 is 0 Å².